The molecule has 8 heteroatoms. The molecule has 0 radical (unpaired) electrons. The molecule has 0 unspecified atom stereocenters. The number of thiophene rings is 1. The number of aryl methyl sites for hydroxylation is 1. The second-order valence-corrected chi connectivity index (χ2v) is 10.0. The molecule has 3 aromatic heterocycles. The predicted molar refractivity (Wildman–Crippen MR) is 128 cm³/mol. The minimum atomic E-state index is -0.543. The van der Waals surface area contributed by atoms with Crippen LogP contribution in [0.15, 0.2) is 53.2 Å². The number of amides is 1. The van der Waals surface area contributed by atoms with Crippen LogP contribution in [-0.2, 0) is 10.2 Å². The first-order chi connectivity index (χ1) is 15.0. The lowest BCUT2D eigenvalue weighted by molar-refractivity contribution is -0.121. The summed E-state index contributed by atoms with van der Waals surface area (Å²) in [5.41, 5.74) is 2.23. The molecule has 5 rings (SSSR count). The van der Waals surface area contributed by atoms with Crippen LogP contribution in [0.5, 0.6) is 0 Å². The van der Waals surface area contributed by atoms with Crippen molar-refractivity contribution in [1.82, 2.24) is 14.8 Å². The quantitative estimate of drug-likeness (QED) is 0.365. The third-order valence-electron chi connectivity index (χ3n) is 5.81. The van der Waals surface area contributed by atoms with E-state index >= 15 is 0 Å². The normalized spacial score (nSPS) is 15.3. The summed E-state index contributed by atoms with van der Waals surface area (Å²) >= 11 is 9.26. The van der Waals surface area contributed by atoms with E-state index in [4.69, 9.17) is 16.6 Å². The Morgan fingerprint density at radius 2 is 1.94 bits per heavy atom. The number of hydrogen-bond donors (Lipinski definition) is 1. The zero-order valence-electron chi connectivity index (χ0n) is 17.0. The average molecular weight is 469 g/mol. The fraction of sp³-hybridized carbons (Fsp3) is 0.261. The summed E-state index contributed by atoms with van der Waals surface area (Å²) in [7, 11) is 0. The van der Waals surface area contributed by atoms with Crippen LogP contribution < -0.4 is 5.32 Å². The summed E-state index contributed by atoms with van der Waals surface area (Å²) in [5.74, 6) is 0.651. The number of aromatic nitrogens is 3. The lowest BCUT2D eigenvalue weighted by Gasteiger charge is -2.28. The number of rotatable bonds is 5. The van der Waals surface area contributed by atoms with Gasteiger partial charge in [-0.25, -0.2) is 4.98 Å². The lowest BCUT2D eigenvalue weighted by Crippen LogP contribution is -2.38. The molecule has 1 aromatic carbocycles. The second kappa shape index (κ2) is 8.22. The smallest absolute Gasteiger partial charge is 0.236 e. The number of nitrogens with one attached hydrogen (secondary N) is 1. The molecule has 0 atom stereocenters. The number of carbonyl (C=O) groups excluding carboxylic acids is 1. The molecular formula is C23H21ClN4OS2. The standard InChI is InChI=1S/C23H21ClN4OS2/c1-15-13-20(28(27-15)22-25-18(14-31-22)19-5-4-12-30-19)26-21(29)23(10-2-3-11-23)16-6-8-17(24)9-7-16/h4-9,12-14H,2-3,10-11H2,1H3,(H,26,29). The van der Waals surface area contributed by atoms with Gasteiger partial charge in [0.15, 0.2) is 0 Å². The SMILES string of the molecule is Cc1cc(NC(=O)C2(c3ccc(Cl)cc3)CCCC2)n(-c2nc(-c3cccs3)cs2)n1. The van der Waals surface area contributed by atoms with Gasteiger partial charge in [0, 0.05) is 16.5 Å². The Kier molecular flexibility index (Phi) is 5.42. The molecule has 1 N–H and O–H groups in total. The van der Waals surface area contributed by atoms with Gasteiger partial charge in [-0.3, -0.25) is 4.79 Å². The minimum Gasteiger partial charge on any atom is -0.310 e. The first-order valence-electron chi connectivity index (χ1n) is 10.2. The summed E-state index contributed by atoms with van der Waals surface area (Å²) in [6.07, 6.45) is 3.72. The maximum atomic E-state index is 13.6. The maximum absolute atomic E-state index is 13.6. The highest BCUT2D eigenvalue weighted by molar-refractivity contribution is 7.15. The van der Waals surface area contributed by atoms with Crippen LogP contribution in [0.4, 0.5) is 5.82 Å². The highest BCUT2D eigenvalue weighted by Crippen LogP contribution is 2.42. The van der Waals surface area contributed by atoms with Crippen molar-refractivity contribution in [3.05, 3.63) is 69.5 Å². The third-order valence-corrected chi connectivity index (χ3v) is 7.77. The van der Waals surface area contributed by atoms with Gasteiger partial charge in [0.2, 0.25) is 11.0 Å². The first kappa shape index (κ1) is 20.4. The Bertz CT molecular complexity index is 1200. The van der Waals surface area contributed by atoms with Crippen molar-refractivity contribution in [3.8, 4) is 15.7 Å². The van der Waals surface area contributed by atoms with Gasteiger partial charge >= 0.3 is 0 Å². The highest BCUT2D eigenvalue weighted by atomic mass is 35.5. The van der Waals surface area contributed by atoms with E-state index in [2.05, 4.69) is 16.5 Å². The van der Waals surface area contributed by atoms with Gasteiger partial charge < -0.3 is 5.32 Å². The fourth-order valence-corrected chi connectivity index (χ4v) is 5.94. The van der Waals surface area contributed by atoms with E-state index in [1.54, 1.807) is 16.0 Å². The van der Waals surface area contributed by atoms with Gasteiger partial charge in [0.25, 0.3) is 0 Å². The van der Waals surface area contributed by atoms with Crippen molar-refractivity contribution in [1.29, 1.82) is 0 Å². The Hall–Kier alpha value is -2.48. The summed E-state index contributed by atoms with van der Waals surface area (Å²) in [6.45, 7) is 1.92. The Labute approximate surface area is 193 Å². The van der Waals surface area contributed by atoms with E-state index in [-0.39, 0.29) is 5.91 Å². The van der Waals surface area contributed by atoms with E-state index in [9.17, 15) is 4.79 Å². The topological polar surface area (TPSA) is 59.8 Å². The largest absolute Gasteiger partial charge is 0.310 e. The third kappa shape index (κ3) is 3.82. The Morgan fingerprint density at radius 1 is 1.16 bits per heavy atom. The van der Waals surface area contributed by atoms with Crippen LogP contribution in [0, 0.1) is 6.92 Å². The van der Waals surface area contributed by atoms with Gasteiger partial charge in [-0.2, -0.15) is 9.78 Å². The molecule has 0 aliphatic heterocycles. The molecule has 0 spiro atoms. The van der Waals surface area contributed by atoms with E-state index in [0.717, 1.165) is 52.6 Å². The zero-order chi connectivity index (χ0) is 21.4. The lowest BCUT2D eigenvalue weighted by atomic mass is 9.78. The molecule has 1 aliphatic carbocycles. The van der Waals surface area contributed by atoms with Crippen LogP contribution >= 0.6 is 34.3 Å². The number of carbonyl (C=O) groups is 1. The molecule has 4 aromatic rings. The van der Waals surface area contributed by atoms with Crippen molar-refractivity contribution in [3.63, 3.8) is 0 Å². The molecule has 0 saturated heterocycles. The van der Waals surface area contributed by atoms with Crippen molar-refractivity contribution in [2.24, 2.45) is 0 Å². The van der Waals surface area contributed by atoms with Crippen molar-refractivity contribution < 1.29 is 4.79 Å². The number of anilines is 1. The first-order valence-corrected chi connectivity index (χ1v) is 12.3. The fourth-order valence-electron chi connectivity index (χ4n) is 4.26. The van der Waals surface area contributed by atoms with Gasteiger partial charge in [-0.05, 0) is 48.9 Å². The Morgan fingerprint density at radius 3 is 2.65 bits per heavy atom. The summed E-state index contributed by atoms with van der Waals surface area (Å²) in [5, 5.41) is 13.2. The van der Waals surface area contributed by atoms with Crippen LogP contribution in [-0.4, -0.2) is 20.7 Å². The summed E-state index contributed by atoms with van der Waals surface area (Å²) in [4.78, 5) is 19.5. The maximum Gasteiger partial charge on any atom is 0.236 e. The van der Waals surface area contributed by atoms with Gasteiger partial charge in [-0.1, -0.05) is 42.6 Å². The summed E-state index contributed by atoms with van der Waals surface area (Å²) in [6, 6.07) is 13.6. The molecule has 31 heavy (non-hydrogen) atoms. The van der Waals surface area contributed by atoms with Crippen molar-refractivity contribution in [2.45, 2.75) is 38.0 Å². The van der Waals surface area contributed by atoms with Gasteiger partial charge in [-0.15, -0.1) is 22.7 Å². The highest BCUT2D eigenvalue weighted by Gasteiger charge is 2.43. The van der Waals surface area contributed by atoms with Crippen molar-refractivity contribution >= 4 is 46.0 Å². The molecule has 1 saturated carbocycles. The van der Waals surface area contributed by atoms with Crippen LogP contribution in [0.3, 0.4) is 0 Å². The predicted octanol–water partition coefficient (Wildman–Crippen LogP) is 6.47. The average Bonchev–Trinajstić information content (AvgIpc) is 3.55. The zero-order valence-corrected chi connectivity index (χ0v) is 19.4. The number of benzene rings is 1. The van der Waals surface area contributed by atoms with Crippen LogP contribution in [0.1, 0.15) is 36.9 Å². The molecule has 5 nitrogen and oxygen atoms in total. The molecule has 1 aliphatic rings. The van der Waals surface area contributed by atoms with Crippen LogP contribution in [0.25, 0.3) is 15.7 Å². The van der Waals surface area contributed by atoms with Gasteiger partial charge in [0.1, 0.15) is 5.82 Å². The van der Waals surface area contributed by atoms with Gasteiger partial charge in [0.05, 0.1) is 21.7 Å². The van der Waals surface area contributed by atoms with E-state index < -0.39 is 5.41 Å². The molecular weight excluding hydrogens is 448 g/mol. The minimum absolute atomic E-state index is 0.00325. The number of hydrogen-bond acceptors (Lipinski definition) is 5. The molecule has 1 amide bonds. The molecule has 1 fully saturated rings. The van der Waals surface area contributed by atoms with E-state index in [1.165, 1.54) is 11.3 Å². The number of thiazole rings is 1. The molecule has 0 bridgehead atoms. The van der Waals surface area contributed by atoms with E-state index in [1.807, 2.05) is 54.1 Å². The second-order valence-electron chi connectivity index (χ2n) is 7.83. The number of halogens is 1. The summed E-state index contributed by atoms with van der Waals surface area (Å²) < 4.78 is 1.74. The number of nitrogens with zero attached hydrogens (tertiary/aromatic N) is 3. The van der Waals surface area contributed by atoms with Crippen LogP contribution in [0.2, 0.25) is 5.02 Å². The Balaban J connectivity index is 1.46. The van der Waals surface area contributed by atoms with E-state index in [0.29, 0.717) is 10.8 Å². The molecule has 3 heterocycles. The molecule has 158 valence electrons. The monoisotopic (exact) mass is 468 g/mol. The van der Waals surface area contributed by atoms with Crippen molar-refractivity contribution in [2.75, 3.05) is 5.32 Å².